The summed E-state index contributed by atoms with van der Waals surface area (Å²) in [5.41, 5.74) is 5.35. The van der Waals surface area contributed by atoms with Crippen LogP contribution in [0.4, 0.5) is 0 Å². The molecule has 5 aromatic carbocycles. The van der Waals surface area contributed by atoms with Crippen LogP contribution in [0.2, 0.25) is 0 Å². The van der Waals surface area contributed by atoms with E-state index in [1.54, 1.807) is 7.11 Å². The van der Waals surface area contributed by atoms with Crippen molar-refractivity contribution in [1.29, 1.82) is 0 Å². The zero-order valence-electron chi connectivity index (χ0n) is 19.0. The molecule has 1 heterocycles. The van der Waals surface area contributed by atoms with Crippen LogP contribution < -0.4 is 0 Å². The van der Waals surface area contributed by atoms with Crippen LogP contribution in [0.15, 0.2) is 110 Å². The first-order valence-corrected chi connectivity index (χ1v) is 11.4. The SMILES string of the molecule is C=C(OC)c1ccc2c(c1)nc(-c1cccc3ccccc13)n2Cc1cccc2ccccc12. The monoisotopic (exact) mass is 440 g/mol. The molecule has 0 fully saturated rings. The maximum atomic E-state index is 5.38. The summed E-state index contributed by atoms with van der Waals surface area (Å²) in [7, 11) is 1.65. The summed E-state index contributed by atoms with van der Waals surface area (Å²) in [5.74, 6) is 1.59. The standard InChI is InChI=1S/C31H24N2O/c1-21(34-2)24-17-18-30-29(19-24)32-31(28-16-8-12-23-10-4-6-15-27(23)28)33(30)20-25-13-7-11-22-9-3-5-14-26(22)25/h3-19H,1,20H2,2H3. The molecule has 0 atom stereocenters. The lowest BCUT2D eigenvalue weighted by molar-refractivity contribution is 0.371. The zero-order valence-corrected chi connectivity index (χ0v) is 19.0. The van der Waals surface area contributed by atoms with Gasteiger partial charge in [-0.1, -0.05) is 91.5 Å². The van der Waals surface area contributed by atoms with Crippen molar-refractivity contribution in [2.75, 3.05) is 7.11 Å². The van der Waals surface area contributed by atoms with Gasteiger partial charge in [0.25, 0.3) is 0 Å². The fourth-order valence-corrected chi connectivity index (χ4v) is 4.81. The van der Waals surface area contributed by atoms with Crippen LogP contribution in [0.1, 0.15) is 11.1 Å². The lowest BCUT2D eigenvalue weighted by Gasteiger charge is -2.13. The lowest BCUT2D eigenvalue weighted by Crippen LogP contribution is -2.03. The maximum absolute atomic E-state index is 5.38. The number of benzene rings is 5. The molecule has 3 heteroatoms. The smallest absolute Gasteiger partial charge is 0.142 e. The van der Waals surface area contributed by atoms with E-state index in [1.165, 1.54) is 27.1 Å². The summed E-state index contributed by atoms with van der Waals surface area (Å²) in [5, 5.41) is 4.91. The quantitative estimate of drug-likeness (QED) is 0.257. The number of methoxy groups -OCH3 is 1. The van der Waals surface area contributed by atoms with Crippen LogP contribution in [0.5, 0.6) is 0 Å². The molecule has 0 saturated carbocycles. The van der Waals surface area contributed by atoms with Crippen LogP contribution in [-0.2, 0) is 11.3 Å². The number of aromatic nitrogens is 2. The minimum Gasteiger partial charge on any atom is -0.497 e. The van der Waals surface area contributed by atoms with Crippen molar-refractivity contribution in [2.24, 2.45) is 0 Å². The first-order valence-electron chi connectivity index (χ1n) is 11.4. The highest BCUT2D eigenvalue weighted by atomic mass is 16.5. The molecular formula is C31H24N2O. The third kappa shape index (κ3) is 3.34. The Balaban J connectivity index is 1.62. The molecule has 6 rings (SSSR count). The number of hydrogen-bond donors (Lipinski definition) is 0. The van der Waals surface area contributed by atoms with E-state index in [9.17, 15) is 0 Å². The summed E-state index contributed by atoms with van der Waals surface area (Å²) in [6, 6.07) is 36.2. The molecule has 0 radical (unpaired) electrons. The number of ether oxygens (including phenoxy) is 1. The van der Waals surface area contributed by atoms with Gasteiger partial charge in [-0.25, -0.2) is 4.98 Å². The van der Waals surface area contributed by atoms with Crippen LogP contribution >= 0.6 is 0 Å². The molecule has 0 amide bonds. The van der Waals surface area contributed by atoms with Gasteiger partial charge in [0.2, 0.25) is 0 Å². The molecule has 0 N–H and O–H groups in total. The first-order chi connectivity index (χ1) is 16.7. The number of nitrogens with zero attached hydrogens (tertiary/aromatic N) is 2. The zero-order chi connectivity index (χ0) is 23.1. The van der Waals surface area contributed by atoms with Crippen molar-refractivity contribution in [3.8, 4) is 11.4 Å². The third-order valence-corrected chi connectivity index (χ3v) is 6.56. The molecule has 0 aliphatic heterocycles. The fraction of sp³-hybridized carbons (Fsp3) is 0.0645. The highest BCUT2D eigenvalue weighted by Gasteiger charge is 2.17. The number of hydrogen-bond acceptors (Lipinski definition) is 2. The van der Waals surface area contributed by atoms with Gasteiger partial charge < -0.3 is 9.30 Å². The Morgan fingerprint density at radius 2 is 1.47 bits per heavy atom. The van der Waals surface area contributed by atoms with Crippen molar-refractivity contribution in [3.05, 3.63) is 121 Å². The second-order valence-electron chi connectivity index (χ2n) is 8.52. The van der Waals surface area contributed by atoms with E-state index in [0.717, 1.165) is 34.5 Å². The van der Waals surface area contributed by atoms with Gasteiger partial charge in [-0.3, -0.25) is 0 Å². The van der Waals surface area contributed by atoms with Crippen LogP contribution in [0.25, 0.3) is 49.7 Å². The predicted molar refractivity (Wildman–Crippen MR) is 142 cm³/mol. The lowest BCUT2D eigenvalue weighted by atomic mass is 10.0. The van der Waals surface area contributed by atoms with Crippen LogP contribution in [0, 0.1) is 0 Å². The molecule has 34 heavy (non-hydrogen) atoms. The Labute approximate surface area is 198 Å². The summed E-state index contributed by atoms with van der Waals surface area (Å²) >= 11 is 0. The highest BCUT2D eigenvalue weighted by Crippen LogP contribution is 2.33. The van der Waals surface area contributed by atoms with E-state index in [2.05, 4.69) is 114 Å². The van der Waals surface area contributed by atoms with Gasteiger partial charge in [0, 0.05) is 11.1 Å². The summed E-state index contributed by atoms with van der Waals surface area (Å²) < 4.78 is 7.71. The van der Waals surface area contributed by atoms with Crippen molar-refractivity contribution in [2.45, 2.75) is 6.54 Å². The van der Waals surface area contributed by atoms with Gasteiger partial charge in [0.15, 0.2) is 0 Å². The molecule has 0 spiro atoms. The van der Waals surface area contributed by atoms with Gasteiger partial charge in [-0.15, -0.1) is 0 Å². The number of imidazole rings is 1. The Morgan fingerprint density at radius 1 is 0.794 bits per heavy atom. The fourth-order valence-electron chi connectivity index (χ4n) is 4.81. The summed E-state index contributed by atoms with van der Waals surface area (Å²) in [4.78, 5) is 5.15. The highest BCUT2D eigenvalue weighted by molar-refractivity contribution is 5.97. The van der Waals surface area contributed by atoms with E-state index in [-0.39, 0.29) is 0 Å². The van der Waals surface area contributed by atoms with E-state index < -0.39 is 0 Å². The molecule has 0 aliphatic carbocycles. The van der Waals surface area contributed by atoms with Gasteiger partial charge in [0.1, 0.15) is 11.6 Å². The van der Waals surface area contributed by atoms with Gasteiger partial charge in [0.05, 0.1) is 24.7 Å². The third-order valence-electron chi connectivity index (χ3n) is 6.56. The number of fused-ring (bicyclic) bond motifs is 3. The molecule has 0 bridgehead atoms. The average molecular weight is 441 g/mol. The molecule has 1 aromatic heterocycles. The molecule has 164 valence electrons. The van der Waals surface area contributed by atoms with E-state index in [4.69, 9.17) is 9.72 Å². The van der Waals surface area contributed by atoms with Crippen LogP contribution in [0.3, 0.4) is 0 Å². The normalized spacial score (nSPS) is 11.3. The summed E-state index contributed by atoms with van der Waals surface area (Å²) in [6.07, 6.45) is 0. The minimum absolute atomic E-state index is 0.636. The second-order valence-corrected chi connectivity index (χ2v) is 8.52. The molecular weight excluding hydrogens is 416 g/mol. The van der Waals surface area contributed by atoms with Crippen LogP contribution in [-0.4, -0.2) is 16.7 Å². The minimum atomic E-state index is 0.636. The Kier molecular flexibility index (Phi) is 4.88. The molecule has 3 nitrogen and oxygen atoms in total. The Morgan fingerprint density at radius 3 is 2.26 bits per heavy atom. The number of rotatable bonds is 5. The van der Waals surface area contributed by atoms with Crippen molar-refractivity contribution < 1.29 is 4.74 Å². The topological polar surface area (TPSA) is 27.1 Å². The molecule has 0 unspecified atom stereocenters. The molecule has 6 aromatic rings. The van der Waals surface area contributed by atoms with E-state index in [1.807, 2.05) is 0 Å². The molecule has 0 saturated heterocycles. The molecule has 0 aliphatic rings. The van der Waals surface area contributed by atoms with Crippen molar-refractivity contribution in [1.82, 2.24) is 9.55 Å². The van der Waals surface area contributed by atoms with Crippen molar-refractivity contribution >= 4 is 38.3 Å². The summed E-state index contributed by atoms with van der Waals surface area (Å²) in [6.45, 7) is 4.75. The van der Waals surface area contributed by atoms with Gasteiger partial charge >= 0.3 is 0 Å². The second kappa shape index (κ2) is 8.20. The first kappa shape index (κ1) is 20.3. The van der Waals surface area contributed by atoms with E-state index >= 15 is 0 Å². The van der Waals surface area contributed by atoms with Crippen molar-refractivity contribution in [3.63, 3.8) is 0 Å². The van der Waals surface area contributed by atoms with Gasteiger partial charge in [-0.05, 0) is 45.3 Å². The largest absolute Gasteiger partial charge is 0.497 e. The predicted octanol–water partition coefficient (Wildman–Crippen LogP) is 7.68. The Bertz CT molecular complexity index is 1680. The van der Waals surface area contributed by atoms with Gasteiger partial charge in [-0.2, -0.15) is 0 Å². The Hall–Kier alpha value is -4.37. The average Bonchev–Trinajstić information content (AvgIpc) is 3.25. The van der Waals surface area contributed by atoms with E-state index in [0.29, 0.717) is 5.76 Å². The maximum Gasteiger partial charge on any atom is 0.142 e.